The molecule has 2 heterocycles. The van der Waals surface area contributed by atoms with Gasteiger partial charge in [-0.25, -0.2) is 4.39 Å². The summed E-state index contributed by atoms with van der Waals surface area (Å²) in [5, 5.41) is 0.514. The summed E-state index contributed by atoms with van der Waals surface area (Å²) in [6.45, 7) is 1.88. The van der Waals surface area contributed by atoms with E-state index in [1.54, 1.807) is 13.2 Å². The highest BCUT2D eigenvalue weighted by molar-refractivity contribution is 5.85. The van der Waals surface area contributed by atoms with E-state index in [-0.39, 0.29) is 12.4 Å². The second kappa shape index (κ2) is 15.6. The normalized spacial score (nSPS) is 19.2. The van der Waals surface area contributed by atoms with E-state index in [1.165, 1.54) is 6.07 Å². The van der Waals surface area contributed by atoms with Crippen LogP contribution < -0.4 is 4.74 Å². The van der Waals surface area contributed by atoms with Crippen molar-refractivity contribution >= 4 is 10.9 Å². The average Bonchev–Trinajstić information content (AvgIpc) is 3.52. The van der Waals surface area contributed by atoms with E-state index in [2.05, 4.69) is 4.57 Å². The number of nitrogens with zero attached hydrogens (tertiary/aromatic N) is 1. The first-order valence-electron chi connectivity index (χ1n) is 16.6. The summed E-state index contributed by atoms with van der Waals surface area (Å²) < 4.78 is 50.1. The van der Waals surface area contributed by atoms with E-state index < -0.39 is 24.4 Å². The summed E-state index contributed by atoms with van der Waals surface area (Å²) >= 11 is 0. The number of rotatable bonds is 13. The lowest BCUT2D eigenvalue weighted by Gasteiger charge is -2.42. The number of fused-ring (bicyclic) bond motifs is 1. The van der Waals surface area contributed by atoms with Gasteiger partial charge in [0.15, 0.2) is 0 Å². The Morgan fingerprint density at radius 1 is 0.633 bits per heavy atom. The predicted octanol–water partition coefficient (Wildman–Crippen LogP) is 8.66. The summed E-state index contributed by atoms with van der Waals surface area (Å²) in [4.78, 5) is 0. The lowest BCUT2D eigenvalue weighted by Crippen LogP contribution is -2.52. The maximum absolute atomic E-state index is 15.9. The summed E-state index contributed by atoms with van der Waals surface area (Å²) in [7, 11) is 1.65. The molecule has 6 nitrogen and oxygen atoms in total. The second-order valence-electron chi connectivity index (χ2n) is 12.3. The zero-order valence-electron chi connectivity index (χ0n) is 27.5. The molecule has 0 radical (unpaired) electrons. The highest BCUT2D eigenvalue weighted by atomic mass is 19.1. The zero-order valence-corrected chi connectivity index (χ0v) is 27.5. The monoisotopic (exact) mass is 657 g/mol. The standard InChI is InChI=1S/C42H40FNO5/c1-45-34-22-20-30(21-23-34)24-44-25-35(39-36(43)18-11-19-37(39)44)40-42(48-28-33-16-9-4-10-17-33)41(47-27-32-14-7-3-8-15-32)38(29-49-40)46-26-31-12-5-2-6-13-31/h2-23,25,38,40-42H,24,26-29H2,1H3/t38-,40+,41+,42+/m1/s1. The van der Waals surface area contributed by atoms with Crippen LogP contribution in [0.25, 0.3) is 10.9 Å². The van der Waals surface area contributed by atoms with Gasteiger partial charge < -0.3 is 28.3 Å². The maximum Gasteiger partial charge on any atom is 0.132 e. The molecule has 0 spiro atoms. The molecule has 7 heteroatoms. The summed E-state index contributed by atoms with van der Waals surface area (Å²) in [6, 6.07) is 43.3. The number of halogens is 1. The van der Waals surface area contributed by atoms with Crippen LogP contribution in [-0.4, -0.2) is 36.6 Å². The zero-order chi connectivity index (χ0) is 33.4. The summed E-state index contributed by atoms with van der Waals surface area (Å²) in [5.41, 5.74) is 5.67. The highest BCUT2D eigenvalue weighted by Crippen LogP contribution is 2.40. The first kappa shape index (κ1) is 32.7. The van der Waals surface area contributed by atoms with E-state index in [1.807, 2.05) is 128 Å². The smallest absolute Gasteiger partial charge is 0.132 e. The van der Waals surface area contributed by atoms with Crippen molar-refractivity contribution in [1.29, 1.82) is 0 Å². The molecule has 1 aromatic heterocycles. The molecular weight excluding hydrogens is 617 g/mol. The van der Waals surface area contributed by atoms with E-state index in [4.69, 9.17) is 23.7 Å². The van der Waals surface area contributed by atoms with E-state index in [0.717, 1.165) is 39.1 Å². The SMILES string of the molecule is COc1ccc(Cn2cc([C@@H]3OC[C@@H](OCc4ccccc4)[C@H](OCc4ccccc4)[C@H]3OCc3ccccc3)c3c(F)cccc32)cc1. The molecule has 0 aliphatic carbocycles. The molecule has 0 unspecified atom stereocenters. The van der Waals surface area contributed by atoms with Crippen molar-refractivity contribution in [1.82, 2.24) is 4.57 Å². The molecule has 250 valence electrons. The quantitative estimate of drug-likeness (QED) is 0.124. The van der Waals surface area contributed by atoms with Crippen LogP contribution in [0.15, 0.2) is 140 Å². The minimum atomic E-state index is -0.627. The third kappa shape index (κ3) is 7.77. The average molecular weight is 658 g/mol. The van der Waals surface area contributed by atoms with Gasteiger partial charge in [-0.15, -0.1) is 0 Å². The third-order valence-corrected chi connectivity index (χ3v) is 9.01. The Morgan fingerprint density at radius 2 is 1.20 bits per heavy atom. The fraction of sp³-hybridized carbons (Fsp3) is 0.238. The molecule has 0 bridgehead atoms. The van der Waals surface area contributed by atoms with E-state index >= 15 is 4.39 Å². The van der Waals surface area contributed by atoms with Crippen LogP contribution in [0.4, 0.5) is 4.39 Å². The first-order valence-corrected chi connectivity index (χ1v) is 16.6. The van der Waals surface area contributed by atoms with Crippen molar-refractivity contribution in [3.8, 4) is 5.75 Å². The second-order valence-corrected chi connectivity index (χ2v) is 12.3. The number of benzene rings is 5. The van der Waals surface area contributed by atoms with Crippen molar-refractivity contribution < 1.29 is 28.1 Å². The van der Waals surface area contributed by atoms with Crippen molar-refractivity contribution in [3.63, 3.8) is 0 Å². The molecule has 5 aromatic carbocycles. The molecule has 49 heavy (non-hydrogen) atoms. The van der Waals surface area contributed by atoms with Gasteiger partial charge >= 0.3 is 0 Å². The fourth-order valence-electron chi connectivity index (χ4n) is 6.49. The number of hydrogen-bond acceptors (Lipinski definition) is 5. The van der Waals surface area contributed by atoms with Gasteiger partial charge in [0.25, 0.3) is 0 Å². The van der Waals surface area contributed by atoms with Gasteiger partial charge in [0.2, 0.25) is 0 Å². The van der Waals surface area contributed by atoms with Crippen molar-refractivity contribution in [2.75, 3.05) is 13.7 Å². The van der Waals surface area contributed by atoms with Crippen molar-refractivity contribution in [2.24, 2.45) is 0 Å². The molecule has 1 aliphatic rings. The van der Waals surface area contributed by atoms with Gasteiger partial charge in [0, 0.05) is 23.7 Å². The van der Waals surface area contributed by atoms with Crippen LogP contribution in [-0.2, 0) is 45.3 Å². The molecule has 1 saturated heterocycles. The van der Waals surface area contributed by atoms with Gasteiger partial charge in [-0.2, -0.15) is 0 Å². The van der Waals surface area contributed by atoms with Crippen LogP contribution in [0, 0.1) is 5.82 Å². The Balaban J connectivity index is 1.26. The molecule has 7 rings (SSSR count). The molecule has 6 aromatic rings. The number of methoxy groups -OCH3 is 1. The molecule has 0 N–H and O–H groups in total. The molecule has 1 aliphatic heterocycles. The lowest BCUT2D eigenvalue weighted by molar-refractivity contribution is -0.240. The third-order valence-electron chi connectivity index (χ3n) is 9.01. The number of ether oxygens (including phenoxy) is 5. The maximum atomic E-state index is 15.9. The van der Waals surface area contributed by atoms with E-state index in [9.17, 15) is 0 Å². The number of aromatic nitrogens is 1. The van der Waals surface area contributed by atoms with Crippen LogP contribution >= 0.6 is 0 Å². The minimum Gasteiger partial charge on any atom is -0.497 e. The predicted molar refractivity (Wildman–Crippen MR) is 188 cm³/mol. The molecule has 1 fully saturated rings. The highest BCUT2D eigenvalue weighted by Gasteiger charge is 2.45. The van der Waals surface area contributed by atoms with Gasteiger partial charge in [-0.3, -0.25) is 0 Å². The Hall–Kier alpha value is -4.79. The van der Waals surface area contributed by atoms with Crippen molar-refractivity contribution in [3.05, 3.63) is 173 Å². The largest absolute Gasteiger partial charge is 0.497 e. The summed E-state index contributed by atoms with van der Waals surface area (Å²) in [6.07, 6.45) is -0.187. The van der Waals surface area contributed by atoms with E-state index in [0.29, 0.717) is 31.8 Å². The van der Waals surface area contributed by atoms with Crippen LogP contribution in [0.1, 0.15) is 33.9 Å². The molecule has 0 saturated carbocycles. The number of hydrogen-bond donors (Lipinski definition) is 0. The Morgan fingerprint density at radius 3 is 1.80 bits per heavy atom. The molecule has 0 amide bonds. The van der Waals surface area contributed by atoms with Crippen LogP contribution in [0.3, 0.4) is 0 Å². The Kier molecular flexibility index (Phi) is 10.4. The van der Waals surface area contributed by atoms with Crippen LogP contribution in [0.2, 0.25) is 0 Å². The van der Waals surface area contributed by atoms with Gasteiger partial charge in [0.1, 0.15) is 36.0 Å². The van der Waals surface area contributed by atoms with Crippen molar-refractivity contribution in [2.45, 2.75) is 50.8 Å². The Bertz CT molecular complexity index is 1910. The minimum absolute atomic E-state index is 0.252. The molecular formula is C42H40FNO5. The topological polar surface area (TPSA) is 51.1 Å². The lowest BCUT2D eigenvalue weighted by atomic mass is 9.93. The van der Waals surface area contributed by atoms with Gasteiger partial charge in [-0.05, 0) is 46.5 Å². The summed E-state index contributed by atoms with van der Waals surface area (Å²) in [5.74, 6) is 0.475. The molecule has 4 atom stereocenters. The fourth-order valence-corrected chi connectivity index (χ4v) is 6.49. The van der Waals surface area contributed by atoms with Gasteiger partial charge in [-0.1, -0.05) is 109 Å². The van der Waals surface area contributed by atoms with Gasteiger partial charge in [0.05, 0.1) is 39.1 Å². The first-order chi connectivity index (χ1) is 24.2. The van der Waals surface area contributed by atoms with Crippen LogP contribution in [0.5, 0.6) is 5.75 Å². The Labute approximate surface area is 286 Å².